The molecule has 2 atom stereocenters. The summed E-state index contributed by atoms with van der Waals surface area (Å²) in [6.07, 6.45) is -0.647. The van der Waals surface area contributed by atoms with E-state index in [4.69, 9.17) is 19.7 Å². The summed E-state index contributed by atoms with van der Waals surface area (Å²) in [6, 6.07) is 20.0. The van der Waals surface area contributed by atoms with Crippen molar-refractivity contribution < 1.29 is 29.3 Å². The van der Waals surface area contributed by atoms with Crippen LogP contribution in [0.25, 0.3) is 0 Å². The quantitative estimate of drug-likeness (QED) is 0.363. The van der Waals surface area contributed by atoms with Gasteiger partial charge in [-0.25, -0.2) is 0 Å². The Kier molecular flexibility index (Phi) is 8.61. The van der Waals surface area contributed by atoms with E-state index in [1.54, 1.807) is 80.6 Å². The van der Waals surface area contributed by atoms with Gasteiger partial charge in [0.15, 0.2) is 0 Å². The van der Waals surface area contributed by atoms with Crippen LogP contribution in [0.5, 0.6) is 11.5 Å². The molecule has 0 radical (unpaired) electrons. The number of carbonyl (C=O) groups is 2. The maximum Gasteiger partial charge on any atom is 0.255 e. The Balaban J connectivity index is 1.61. The van der Waals surface area contributed by atoms with Gasteiger partial charge >= 0.3 is 0 Å². The molecule has 0 saturated carbocycles. The minimum absolute atomic E-state index is 0.0912. The van der Waals surface area contributed by atoms with Gasteiger partial charge in [-0.1, -0.05) is 6.07 Å². The monoisotopic (exact) mass is 464 g/mol. The van der Waals surface area contributed by atoms with Crippen LogP contribution in [0.2, 0.25) is 0 Å². The highest BCUT2D eigenvalue weighted by atomic mass is 16.5. The average molecular weight is 465 g/mol. The van der Waals surface area contributed by atoms with Crippen LogP contribution in [0, 0.1) is 0 Å². The highest BCUT2D eigenvalue weighted by Gasteiger charge is 2.12. The molecule has 3 rings (SSSR count). The summed E-state index contributed by atoms with van der Waals surface area (Å²) in [6.45, 7) is 3.32. The van der Waals surface area contributed by atoms with Crippen LogP contribution in [0.3, 0.4) is 0 Å². The second-order valence-electron chi connectivity index (χ2n) is 7.76. The zero-order chi connectivity index (χ0) is 24.5. The summed E-state index contributed by atoms with van der Waals surface area (Å²) >= 11 is 0. The summed E-state index contributed by atoms with van der Waals surface area (Å²) in [4.78, 5) is 25.3. The first kappa shape index (κ1) is 24.8. The Morgan fingerprint density at radius 3 is 1.44 bits per heavy atom. The largest absolute Gasteiger partial charge is 0.488 e. The molecule has 2 unspecified atom stereocenters. The summed E-state index contributed by atoms with van der Waals surface area (Å²) in [5.74, 6) is 0.458. The molecule has 178 valence electrons. The van der Waals surface area contributed by atoms with Crippen molar-refractivity contribution in [2.75, 3.05) is 23.8 Å². The predicted octanol–water partition coefficient (Wildman–Crippen LogP) is 3.71. The van der Waals surface area contributed by atoms with E-state index in [0.29, 0.717) is 34.0 Å². The van der Waals surface area contributed by atoms with Gasteiger partial charge < -0.3 is 30.3 Å². The fourth-order valence-corrected chi connectivity index (χ4v) is 2.98. The first-order chi connectivity index (χ1) is 16.4. The van der Waals surface area contributed by atoms with E-state index in [1.807, 2.05) is 0 Å². The van der Waals surface area contributed by atoms with Crippen molar-refractivity contribution in [1.82, 2.24) is 0 Å². The van der Waals surface area contributed by atoms with Gasteiger partial charge in [-0.2, -0.15) is 0 Å². The van der Waals surface area contributed by atoms with Crippen LogP contribution >= 0.6 is 0 Å². The molecule has 4 N–H and O–H groups in total. The summed E-state index contributed by atoms with van der Waals surface area (Å²) in [7, 11) is 0. The Labute approximate surface area is 198 Å². The Morgan fingerprint density at radius 2 is 1.09 bits per heavy atom. The highest BCUT2D eigenvalue weighted by Crippen LogP contribution is 2.20. The number of ether oxygens (including phenoxy) is 2. The molecule has 8 nitrogen and oxygen atoms in total. The number of rotatable bonds is 10. The number of nitrogens with one attached hydrogen (secondary N) is 2. The van der Waals surface area contributed by atoms with Crippen molar-refractivity contribution in [3.63, 3.8) is 0 Å². The SMILES string of the molecule is CC(CO)Oc1ccc(NC(=O)c2cccc(C(=O)Nc3ccc(OC(C)CO)cc3)c2)cc1. The lowest BCUT2D eigenvalue weighted by Gasteiger charge is -2.13. The summed E-state index contributed by atoms with van der Waals surface area (Å²) in [5, 5.41) is 23.7. The van der Waals surface area contributed by atoms with Gasteiger partial charge in [-0.15, -0.1) is 0 Å². The molecule has 0 aliphatic heterocycles. The van der Waals surface area contributed by atoms with E-state index >= 15 is 0 Å². The molecule has 34 heavy (non-hydrogen) atoms. The van der Waals surface area contributed by atoms with E-state index in [2.05, 4.69) is 10.6 Å². The molecule has 0 spiro atoms. The van der Waals surface area contributed by atoms with Gasteiger partial charge in [0.05, 0.1) is 13.2 Å². The zero-order valence-corrected chi connectivity index (χ0v) is 19.0. The fraction of sp³-hybridized carbons (Fsp3) is 0.231. The number of benzene rings is 3. The van der Waals surface area contributed by atoms with Crippen molar-refractivity contribution in [1.29, 1.82) is 0 Å². The number of hydrogen-bond donors (Lipinski definition) is 4. The average Bonchev–Trinajstić information content (AvgIpc) is 2.86. The number of anilines is 2. The molecule has 3 aromatic carbocycles. The summed E-state index contributed by atoms with van der Waals surface area (Å²) < 4.78 is 11.0. The predicted molar refractivity (Wildman–Crippen MR) is 130 cm³/mol. The van der Waals surface area contributed by atoms with Crippen LogP contribution in [-0.2, 0) is 0 Å². The number of aliphatic hydroxyl groups excluding tert-OH is 2. The molecule has 0 heterocycles. The van der Waals surface area contributed by atoms with E-state index in [-0.39, 0.29) is 37.2 Å². The number of aliphatic hydroxyl groups is 2. The van der Waals surface area contributed by atoms with Gasteiger partial charge in [0.25, 0.3) is 11.8 Å². The van der Waals surface area contributed by atoms with Gasteiger partial charge in [-0.3, -0.25) is 9.59 Å². The first-order valence-corrected chi connectivity index (χ1v) is 10.9. The first-order valence-electron chi connectivity index (χ1n) is 10.9. The molecule has 0 aliphatic rings. The minimum atomic E-state index is -0.355. The van der Waals surface area contributed by atoms with E-state index < -0.39 is 0 Å². The molecular weight excluding hydrogens is 436 g/mol. The molecule has 0 saturated heterocycles. The normalized spacial score (nSPS) is 12.4. The topological polar surface area (TPSA) is 117 Å². The van der Waals surface area contributed by atoms with E-state index in [0.717, 1.165) is 0 Å². The van der Waals surface area contributed by atoms with Gasteiger partial charge in [-0.05, 0) is 80.6 Å². The molecule has 0 aromatic heterocycles. The number of hydrogen-bond acceptors (Lipinski definition) is 6. The Bertz CT molecular complexity index is 1010. The number of amides is 2. The van der Waals surface area contributed by atoms with Crippen molar-refractivity contribution >= 4 is 23.2 Å². The molecular formula is C26H28N2O6. The highest BCUT2D eigenvalue weighted by molar-refractivity contribution is 6.08. The maximum absolute atomic E-state index is 12.7. The smallest absolute Gasteiger partial charge is 0.255 e. The van der Waals surface area contributed by atoms with Crippen molar-refractivity contribution in [3.8, 4) is 11.5 Å². The van der Waals surface area contributed by atoms with E-state index in [1.165, 1.54) is 6.07 Å². The van der Waals surface area contributed by atoms with Gasteiger partial charge in [0, 0.05) is 22.5 Å². The minimum Gasteiger partial charge on any atom is -0.488 e. The molecule has 3 aromatic rings. The molecule has 2 amide bonds. The third-order valence-corrected chi connectivity index (χ3v) is 4.80. The van der Waals surface area contributed by atoms with Crippen LogP contribution in [0.15, 0.2) is 72.8 Å². The molecule has 0 bridgehead atoms. The van der Waals surface area contributed by atoms with Crippen LogP contribution < -0.4 is 20.1 Å². The lowest BCUT2D eigenvalue weighted by molar-refractivity contribution is 0.102. The third-order valence-electron chi connectivity index (χ3n) is 4.80. The van der Waals surface area contributed by atoms with Crippen molar-refractivity contribution in [2.45, 2.75) is 26.1 Å². The maximum atomic E-state index is 12.7. The second-order valence-corrected chi connectivity index (χ2v) is 7.76. The molecule has 0 aliphatic carbocycles. The molecule has 8 heteroatoms. The standard InChI is InChI=1S/C26H28N2O6/c1-17(15-29)33-23-10-6-21(7-11-23)27-25(31)19-4-3-5-20(14-19)26(32)28-22-8-12-24(13-9-22)34-18(2)16-30/h3-14,17-18,29-30H,15-16H2,1-2H3,(H,27,31)(H,28,32). The third kappa shape index (κ3) is 7.06. The van der Waals surface area contributed by atoms with Crippen molar-refractivity contribution in [2.24, 2.45) is 0 Å². The summed E-state index contributed by atoms with van der Waals surface area (Å²) in [5.41, 5.74) is 1.82. The van der Waals surface area contributed by atoms with E-state index in [9.17, 15) is 9.59 Å². The second kappa shape index (κ2) is 11.8. The Hall–Kier alpha value is -3.88. The Morgan fingerprint density at radius 1 is 0.706 bits per heavy atom. The van der Waals surface area contributed by atoms with Gasteiger partial charge in [0.1, 0.15) is 23.7 Å². The van der Waals surface area contributed by atoms with Crippen LogP contribution in [-0.4, -0.2) is 47.4 Å². The van der Waals surface area contributed by atoms with Crippen LogP contribution in [0.1, 0.15) is 34.6 Å². The zero-order valence-electron chi connectivity index (χ0n) is 19.0. The lowest BCUT2D eigenvalue weighted by Crippen LogP contribution is -2.17. The van der Waals surface area contributed by atoms with Crippen molar-refractivity contribution in [3.05, 3.63) is 83.9 Å². The lowest BCUT2D eigenvalue weighted by atomic mass is 10.1. The number of carbonyl (C=O) groups excluding carboxylic acids is 2. The molecule has 0 fully saturated rings. The van der Waals surface area contributed by atoms with Gasteiger partial charge in [0.2, 0.25) is 0 Å². The fourth-order valence-electron chi connectivity index (χ4n) is 2.98. The van der Waals surface area contributed by atoms with Crippen LogP contribution in [0.4, 0.5) is 11.4 Å².